The average molecular weight is 302 g/mol. The van der Waals surface area contributed by atoms with Crippen LogP contribution in [0.25, 0.3) is 0 Å². The van der Waals surface area contributed by atoms with E-state index in [0.717, 1.165) is 48.6 Å². The van der Waals surface area contributed by atoms with Crippen LogP contribution in [-0.2, 0) is 12.8 Å². The van der Waals surface area contributed by atoms with Crippen LogP contribution in [-0.4, -0.2) is 37.8 Å². The molecular weight excluding hydrogens is 276 g/mol. The van der Waals surface area contributed by atoms with Crippen molar-refractivity contribution in [2.45, 2.75) is 33.1 Å². The summed E-state index contributed by atoms with van der Waals surface area (Å²) in [6.45, 7) is 5.05. The summed E-state index contributed by atoms with van der Waals surface area (Å²) in [6, 6.07) is 6.48. The van der Waals surface area contributed by atoms with Gasteiger partial charge in [0.2, 0.25) is 0 Å². The van der Waals surface area contributed by atoms with Gasteiger partial charge >= 0.3 is 0 Å². The van der Waals surface area contributed by atoms with Gasteiger partial charge < -0.3 is 14.2 Å². The first kappa shape index (κ1) is 16.6. The summed E-state index contributed by atoms with van der Waals surface area (Å²) in [5, 5.41) is 4.04. The number of aryl methyl sites for hydroxylation is 3. The molecule has 22 heavy (non-hydrogen) atoms. The molecule has 0 unspecified atom stereocenters. The van der Waals surface area contributed by atoms with Gasteiger partial charge in [-0.2, -0.15) is 0 Å². The van der Waals surface area contributed by atoms with Gasteiger partial charge in [0.05, 0.1) is 12.8 Å². The van der Waals surface area contributed by atoms with Gasteiger partial charge in [-0.05, 0) is 64.5 Å². The number of hydrogen-bond acceptors (Lipinski definition) is 4. The molecule has 1 aromatic heterocycles. The SMILES string of the molecule is COc1ccc(CCCN(C)C)cc1Cc1c(C)noc1C. The number of ether oxygens (including phenoxy) is 1. The third kappa shape index (κ3) is 4.10. The van der Waals surface area contributed by atoms with Crippen molar-refractivity contribution in [1.29, 1.82) is 0 Å². The normalized spacial score (nSPS) is 11.2. The third-order valence-corrected chi connectivity index (χ3v) is 3.96. The smallest absolute Gasteiger partial charge is 0.137 e. The molecule has 2 rings (SSSR count). The van der Waals surface area contributed by atoms with Gasteiger partial charge in [-0.1, -0.05) is 17.3 Å². The Hall–Kier alpha value is -1.81. The van der Waals surface area contributed by atoms with E-state index in [9.17, 15) is 0 Å². The Morgan fingerprint density at radius 2 is 2.00 bits per heavy atom. The van der Waals surface area contributed by atoms with E-state index in [0.29, 0.717) is 0 Å². The van der Waals surface area contributed by atoms with Crippen LogP contribution in [0, 0.1) is 13.8 Å². The van der Waals surface area contributed by atoms with E-state index >= 15 is 0 Å². The second-order valence-electron chi connectivity index (χ2n) is 6.03. The lowest BCUT2D eigenvalue weighted by molar-refractivity contribution is 0.392. The summed E-state index contributed by atoms with van der Waals surface area (Å²) in [4.78, 5) is 2.22. The summed E-state index contributed by atoms with van der Waals surface area (Å²) >= 11 is 0. The fourth-order valence-electron chi connectivity index (χ4n) is 2.67. The fourth-order valence-corrected chi connectivity index (χ4v) is 2.67. The van der Waals surface area contributed by atoms with Gasteiger partial charge in [0, 0.05) is 12.0 Å². The molecule has 1 heterocycles. The van der Waals surface area contributed by atoms with Crippen LogP contribution in [0.4, 0.5) is 0 Å². The molecule has 0 aliphatic heterocycles. The van der Waals surface area contributed by atoms with E-state index in [1.54, 1.807) is 7.11 Å². The first-order chi connectivity index (χ1) is 10.5. The molecule has 0 spiro atoms. The molecule has 2 aromatic rings. The van der Waals surface area contributed by atoms with Gasteiger partial charge in [0.1, 0.15) is 11.5 Å². The van der Waals surface area contributed by atoms with Crippen LogP contribution in [0.3, 0.4) is 0 Å². The third-order valence-electron chi connectivity index (χ3n) is 3.96. The van der Waals surface area contributed by atoms with Crippen molar-refractivity contribution < 1.29 is 9.26 Å². The van der Waals surface area contributed by atoms with Crippen LogP contribution in [0.2, 0.25) is 0 Å². The molecule has 0 aliphatic carbocycles. The molecule has 0 radical (unpaired) electrons. The molecule has 4 heteroatoms. The Bertz CT molecular complexity index is 598. The molecule has 4 nitrogen and oxygen atoms in total. The first-order valence-corrected chi connectivity index (χ1v) is 7.73. The number of methoxy groups -OCH3 is 1. The van der Waals surface area contributed by atoms with Crippen LogP contribution < -0.4 is 4.74 Å². The summed E-state index contributed by atoms with van der Waals surface area (Å²) < 4.78 is 10.8. The van der Waals surface area contributed by atoms with Gasteiger partial charge in [-0.15, -0.1) is 0 Å². The Morgan fingerprint density at radius 1 is 1.23 bits per heavy atom. The van der Waals surface area contributed by atoms with Gasteiger partial charge in [-0.3, -0.25) is 0 Å². The summed E-state index contributed by atoms with van der Waals surface area (Å²) in [6.07, 6.45) is 3.03. The number of benzene rings is 1. The lowest BCUT2D eigenvalue weighted by atomic mass is 9.99. The monoisotopic (exact) mass is 302 g/mol. The zero-order chi connectivity index (χ0) is 16.1. The molecule has 0 fully saturated rings. The van der Waals surface area contributed by atoms with E-state index in [2.05, 4.69) is 42.4 Å². The Morgan fingerprint density at radius 3 is 2.59 bits per heavy atom. The van der Waals surface area contributed by atoms with Crippen molar-refractivity contribution in [1.82, 2.24) is 10.1 Å². The minimum absolute atomic E-state index is 0.797. The summed E-state index contributed by atoms with van der Waals surface area (Å²) in [7, 11) is 5.94. The van der Waals surface area contributed by atoms with Crippen LogP contribution in [0.1, 0.15) is 34.6 Å². The van der Waals surface area contributed by atoms with Crippen molar-refractivity contribution >= 4 is 0 Å². The maximum Gasteiger partial charge on any atom is 0.137 e. The molecule has 1 aromatic carbocycles. The number of nitrogens with zero attached hydrogens (tertiary/aromatic N) is 2. The van der Waals surface area contributed by atoms with E-state index in [1.165, 1.54) is 11.1 Å². The Balaban J connectivity index is 2.17. The second-order valence-corrected chi connectivity index (χ2v) is 6.03. The average Bonchev–Trinajstić information content (AvgIpc) is 2.79. The molecular formula is C18H26N2O2. The highest BCUT2D eigenvalue weighted by atomic mass is 16.5. The van der Waals surface area contributed by atoms with E-state index in [-0.39, 0.29) is 0 Å². The predicted octanol–water partition coefficient (Wildman–Crippen LogP) is 3.39. The van der Waals surface area contributed by atoms with Gasteiger partial charge in [0.15, 0.2) is 0 Å². The van der Waals surface area contributed by atoms with E-state index in [4.69, 9.17) is 9.26 Å². The highest BCUT2D eigenvalue weighted by molar-refractivity contribution is 5.41. The van der Waals surface area contributed by atoms with Crippen molar-refractivity contribution in [2.75, 3.05) is 27.7 Å². The maximum atomic E-state index is 5.51. The molecule has 0 saturated heterocycles. The molecule has 120 valence electrons. The number of aromatic nitrogens is 1. The molecule has 0 amide bonds. The lowest BCUT2D eigenvalue weighted by Gasteiger charge is -2.12. The molecule has 0 saturated carbocycles. The largest absolute Gasteiger partial charge is 0.496 e. The minimum Gasteiger partial charge on any atom is -0.496 e. The lowest BCUT2D eigenvalue weighted by Crippen LogP contribution is -2.13. The number of rotatable bonds is 7. The van der Waals surface area contributed by atoms with Gasteiger partial charge in [0.25, 0.3) is 0 Å². The molecule has 0 N–H and O–H groups in total. The van der Waals surface area contributed by atoms with Gasteiger partial charge in [-0.25, -0.2) is 0 Å². The quantitative estimate of drug-likeness (QED) is 0.786. The Labute approximate surface area is 133 Å². The zero-order valence-electron chi connectivity index (χ0n) is 14.3. The summed E-state index contributed by atoms with van der Waals surface area (Å²) in [5.74, 6) is 1.81. The second kappa shape index (κ2) is 7.45. The highest BCUT2D eigenvalue weighted by Gasteiger charge is 2.13. The predicted molar refractivity (Wildman–Crippen MR) is 88.7 cm³/mol. The van der Waals surface area contributed by atoms with E-state index in [1.807, 2.05) is 13.8 Å². The Kier molecular flexibility index (Phi) is 5.61. The highest BCUT2D eigenvalue weighted by Crippen LogP contribution is 2.26. The molecule has 0 atom stereocenters. The summed E-state index contributed by atoms with van der Waals surface area (Å²) in [5.41, 5.74) is 4.66. The van der Waals surface area contributed by atoms with Crippen molar-refractivity contribution in [3.63, 3.8) is 0 Å². The first-order valence-electron chi connectivity index (χ1n) is 7.73. The minimum atomic E-state index is 0.797. The number of hydrogen-bond donors (Lipinski definition) is 0. The van der Waals surface area contributed by atoms with Crippen molar-refractivity contribution in [3.05, 3.63) is 46.3 Å². The van der Waals surface area contributed by atoms with Crippen LogP contribution in [0.15, 0.2) is 22.7 Å². The van der Waals surface area contributed by atoms with Crippen LogP contribution >= 0.6 is 0 Å². The van der Waals surface area contributed by atoms with Crippen LogP contribution in [0.5, 0.6) is 5.75 Å². The standard InChI is InChI=1S/C18H26N2O2/c1-13-17(14(2)22-19-13)12-16-11-15(7-6-10-20(3)4)8-9-18(16)21-5/h8-9,11H,6-7,10,12H2,1-5H3. The molecule has 0 bridgehead atoms. The topological polar surface area (TPSA) is 38.5 Å². The van der Waals surface area contributed by atoms with Crippen molar-refractivity contribution in [3.8, 4) is 5.75 Å². The van der Waals surface area contributed by atoms with Crippen molar-refractivity contribution in [2.24, 2.45) is 0 Å². The fraction of sp³-hybridized carbons (Fsp3) is 0.500. The molecule has 0 aliphatic rings. The maximum absolute atomic E-state index is 5.51. The van der Waals surface area contributed by atoms with E-state index < -0.39 is 0 Å². The zero-order valence-corrected chi connectivity index (χ0v) is 14.3.